The van der Waals surface area contributed by atoms with E-state index in [-0.39, 0.29) is 24.6 Å². The van der Waals surface area contributed by atoms with Crippen molar-refractivity contribution in [1.82, 2.24) is 5.32 Å². The van der Waals surface area contributed by atoms with Gasteiger partial charge in [-0.25, -0.2) is 4.79 Å². The number of amides is 1. The zero-order valence-corrected chi connectivity index (χ0v) is 6.32. The van der Waals surface area contributed by atoms with E-state index in [0.717, 1.165) is 6.42 Å². The zero-order chi connectivity index (χ0) is 6.69. The van der Waals surface area contributed by atoms with Crippen LogP contribution in [-0.2, 0) is 4.74 Å². The van der Waals surface area contributed by atoms with Gasteiger partial charge in [0.05, 0.1) is 0 Å². The van der Waals surface area contributed by atoms with Crippen molar-refractivity contribution in [3.63, 3.8) is 0 Å². The Morgan fingerprint density at radius 2 is 2.50 bits per heavy atom. The summed E-state index contributed by atoms with van der Waals surface area (Å²) < 4.78 is 4.76. The van der Waals surface area contributed by atoms with Crippen LogP contribution in [0, 0.1) is 0 Å². The number of alkyl carbamates (subject to hydrolysis) is 1. The summed E-state index contributed by atoms with van der Waals surface area (Å²) in [7, 11) is 0. The van der Waals surface area contributed by atoms with Crippen LogP contribution in [0.15, 0.2) is 0 Å². The number of halogens is 1. The minimum atomic E-state index is -0.350. The molecular weight excluding hydrogens is 156 g/mol. The topological polar surface area (TPSA) is 64.3 Å². The van der Waals surface area contributed by atoms with Crippen molar-refractivity contribution in [3.8, 4) is 0 Å². The Hall–Kier alpha value is -0.480. The van der Waals surface area contributed by atoms with E-state index >= 15 is 0 Å². The number of hydrogen-bond acceptors (Lipinski definition) is 3. The molecule has 1 fully saturated rings. The smallest absolute Gasteiger partial charge is 0.407 e. The van der Waals surface area contributed by atoms with Crippen molar-refractivity contribution >= 4 is 18.5 Å². The van der Waals surface area contributed by atoms with E-state index in [1.807, 2.05) is 0 Å². The van der Waals surface area contributed by atoms with Gasteiger partial charge >= 0.3 is 6.09 Å². The maximum Gasteiger partial charge on any atom is 0.407 e. The van der Waals surface area contributed by atoms with E-state index in [2.05, 4.69) is 5.32 Å². The molecule has 1 aliphatic rings. The second-order valence-electron chi connectivity index (χ2n) is 1.98. The molecule has 1 heterocycles. The molecule has 1 atom stereocenters. The quantitative estimate of drug-likeness (QED) is 0.570. The second-order valence-corrected chi connectivity index (χ2v) is 1.98. The molecule has 0 bridgehead atoms. The van der Waals surface area contributed by atoms with Gasteiger partial charge in [-0.1, -0.05) is 0 Å². The van der Waals surface area contributed by atoms with Crippen LogP contribution in [0.25, 0.3) is 0 Å². The Balaban J connectivity index is 0.000000810. The summed E-state index contributed by atoms with van der Waals surface area (Å²) in [6.07, 6.45) is 0.401. The highest BCUT2D eigenvalue weighted by molar-refractivity contribution is 5.85. The lowest BCUT2D eigenvalue weighted by molar-refractivity contribution is 0.0786. The lowest BCUT2D eigenvalue weighted by atomic mass is 10.2. The maximum atomic E-state index is 10.4. The number of carbonyl (C=O) groups is 1. The van der Waals surface area contributed by atoms with Gasteiger partial charge in [-0.05, 0) is 0 Å². The van der Waals surface area contributed by atoms with Crippen LogP contribution < -0.4 is 11.1 Å². The molecular formula is C5H11ClN2O2. The first kappa shape index (κ1) is 9.52. The number of nitrogens with two attached hydrogens (primary N) is 1. The molecule has 5 heteroatoms. The molecule has 0 saturated carbocycles. The van der Waals surface area contributed by atoms with Crippen molar-refractivity contribution in [2.75, 3.05) is 13.1 Å². The predicted molar refractivity (Wildman–Crippen MR) is 39.2 cm³/mol. The zero-order valence-electron chi connectivity index (χ0n) is 5.50. The summed E-state index contributed by atoms with van der Waals surface area (Å²) in [6, 6.07) is 0. The van der Waals surface area contributed by atoms with Crippen LogP contribution in [0.2, 0.25) is 0 Å². The molecule has 0 spiro atoms. The highest BCUT2D eigenvalue weighted by Gasteiger charge is 2.17. The molecule has 0 radical (unpaired) electrons. The van der Waals surface area contributed by atoms with Gasteiger partial charge in [0.15, 0.2) is 0 Å². The fourth-order valence-corrected chi connectivity index (χ4v) is 0.753. The minimum Gasteiger partial charge on any atom is -0.445 e. The Bertz CT molecular complexity index is 120. The summed E-state index contributed by atoms with van der Waals surface area (Å²) in [5.74, 6) is 0. The van der Waals surface area contributed by atoms with Crippen LogP contribution in [-0.4, -0.2) is 25.3 Å². The second kappa shape index (κ2) is 4.35. The van der Waals surface area contributed by atoms with Gasteiger partial charge in [-0.15, -0.1) is 12.4 Å². The normalized spacial score (nSPS) is 24.1. The summed E-state index contributed by atoms with van der Waals surface area (Å²) >= 11 is 0. The molecule has 1 unspecified atom stereocenters. The van der Waals surface area contributed by atoms with Crippen molar-refractivity contribution in [3.05, 3.63) is 0 Å². The molecule has 3 N–H and O–H groups in total. The minimum absolute atomic E-state index is 0. The summed E-state index contributed by atoms with van der Waals surface area (Å²) in [5.41, 5.74) is 5.26. The molecule has 0 aromatic heterocycles. The van der Waals surface area contributed by atoms with Gasteiger partial charge in [0, 0.05) is 19.5 Å². The summed E-state index contributed by atoms with van der Waals surface area (Å²) in [6.45, 7) is 1.11. The van der Waals surface area contributed by atoms with Crippen LogP contribution in [0.5, 0.6) is 0 Å². The third-order valence-electron chi connectivity index (χ3n) is 1.27. The SMILES string of the molecule is Cl.NCC1CCNC(=O)O1. The van der Waals surface area contributed by atoms with E-state index in [9.17, 15) is 4.79 Å². The van der Waals surface area contributed by atoms with Crippen molar-refractivity contribution in [2.45, 2.75) is 12.5 Å². The first-order valence-electron chi connectivity index (χ1n) is 2.97. The fourth-order valence-electron chi connectivity index (χ4n) is 0.753. The molecule has 0 aliphatic carbocycles. The highest BCUT2D eigenvalue weighted by atomic mass is 35.5. The first-order chi connectivity index (χ1) is 4.33. The monoisotopic (exact) mass is 166 g/mol. The summed E-state index contributed by atoms with van der Waals surface area (Å²) in [4.78, 5) is 10.4. The first-order valence-corrected chi connectivity index (χ1v) is 2.97. The van der Waals surface area contributed by atoms with Gasteiger partial charge in [-0.3, -0.25) is 0 Å². The summed E-state index contributed by atoms with van der Waals surface area (Å²) in [5, 5.41) is 2.53. The molecule has 4 nitrogen and oxygen atoms in total. The standard InChI is InChI=1S/C5H10N2O2.ClH/c6-3-4-1-2-7-5(8)9-4;/h4H,1-3,6H2,(H,7,8);1H. The molecule has 0 aromatic rings. The van der Waals surface area contributed by atoms with Gasteiger partial charge < -0.3 is 15.8 Å². The lowest BCUT2D eigenvalue weighted by Gasteiger charge is -2.21. The Labute approximate surface area is 65.5 Å². The van der Waals surface area contributed by atoms with E-state index in [1.165, 1.54) is 0 Å². The average Bonchev–Trinajstić information content (AvgIpc) is 1.88. The largest absolute Gasteiger partial charge is 0.445 e. The van der Waals surface area contributed by atoms with Crippen LogP contribution in [0.3, 0.4) is 0 Å². The fraction of sp³-hybridized carbons (Fsp3) is 0.800. The van der Waals surface area contributed by atoms with Crippen molar-refractivity contribution < 1.29 is 9.53 Å². The average molecular weight is 167 g/mol. The number of rotatable bonds is 1. The molecule has 60 valence electrons. The maximum absolute atomic E-state index is 10.4. The number of nitrogens with one attached hydrogen (secondary N) is 1. The van der Waals surface area contributed by atoms with Crippen molar-refractivity contribution in [1.29, 1.82) is 0 Å². The molecule has 1 aliphatic heterocycles. The van der Waals surface area contributed by atoms with Crippen LogP contribution in [0.1, 0.15) is 6.42 Å². The van der Waals surface area contributed by atoms with E-state index < -0.39 is 0 Å². The Morgan fingerprint density at radius 1 is 1.80 bits per heavy atom. The Morgan fingerprint density at radius 3 is 2.90 bits per heavy atom. The molecule has 10 heavy (non-hydrogen) atoms. The third kappa shape index (κ3) is 2.41. The number of ether oxygens (including phenoxy) is 1. The van der Waals surface area contributed by atoms with E-state index in [4.69, 9.17) is 10.5 Å². The van der Waals surface area contributed by atoms with Crippen molar-refractivity contribution in [2.24, 2.45) is 5.73 Å². The predicted octanol–water partition coefficient (Wildman–Crippen LogP) is -0.135. The highest BCUT2D eigenvalue weighted by Crippen LogP contribution is 2.00. The molecule has 1 saturated heterocycles. The Kier molecular flexibility index (Phi) is 4.14. The number of hydrogen-bond donors (Lipinski definition) is 2. The van der Waals surface area contributed by atoms with E-state index in [0.29, 0.717) is 13.1 Å². The molecule has 1 amide bonds. The van der Waals surface area contributed by atoms with E-state index in [1.54, 1.807) is 0 Å². The number of cyclic esters (lactones) is 1. The molecule has 1 rings (SSSR count). The third-order valence-corrected chi connectivity index (χ3v) is 1.27. The van der Waals surface area contributed by atoms with Crippen LogP contribution in [0.4, 0.5) is 4.79 Å². The van der Waals surface area contributed by atoms with Gasteiger partial charge in [0.2, 0.25) is 0 Å². The lowest BCUT2D eigenvalue weighted by Crippen LogP contribution is -2.41. The number of carbonyl (C=O) groups excluding carboxylic acids is 1. The van der Waals surface area contributed by atoms with Gasteiger partial charge in [0.1, 0.15) is 6.10 Å². The van der Waals surface area contributed by atoms with Gasteiger partial charge in [0.25, 0.3) is 0 Å². The van der Waals surface area contributed by atoms with Gasteiger partial charge in [-0.2, -0.15) is 0 Å². The molecule has 0 aromatic carbocycles. The van der Waals surface area contributed by atoms with Crippen LogP contribution >= 0.6 is 12.4 Å².